The number of unbranched alkanes of at least 4 members (excludes halogenated alkanes) is 5. The van der Waals surface area contributed by atoms with Crippen LogP contribution in [0.4, 0.5) is 0 Å². The topological polar surface area (TPSA) is 52.1 Å². The van der Waals surface area contributed by atoms with E-state index < -0.39 is 5.97 Å². The monoisotopic (exact) mass is 430 g/mol. The third-order valence-electron chi connectivity index (χ3n) is 5.60. The van der Waals surface area contributed by atoms with E-state index in [1.165, 1.54) is 49.7 Å². The number of carbonyl (C=O) groups is 1. The highest BCUT2D eigenvalue weighted by Gasteiger charge is 2.10. The quantitative estimate of drug-likeness (QED) is 0.225. The average Bonchev–Trinajstić information content (AvgIpc) is 2.83. The number of nitrogens with zero attached hydrogens (tertiary/aromatic N) is 2. The van der Waals surface area contributed by atoms with Crippen molar-refractivity contribution in [2.24, 2.45) is 0 Å². The molecule has 0 saturated heterocycles. The van der Waals surface area contributed by atoms with Crippen molar-refractivity contribution in [2.75, 3.05) is 0 Å². The van der Waals surface area contributed by atoms with Gasteiger partial charge < -0.3 is 4.74 Å². The number of aryl methyl sites for hydroxylation is 2. The van der Waals surface area contributed by atoms with Crippen LogP contribution in [0.1, 0.15) is 80.3 Å². The second-order valence-electron chi connectivity index (χ2n) is 8.29. The molecular formula is C28H34N2O2. The Labute approximate surface area is 192 Å². The molecule has 3 rings (SSSR count). The minimum Gasteiger partial charge on any atom is -0.420 e. The van der Waals surface area contributed by atoms with Crippen LogP contribution in [0.2, 0.25) is 0 Å². The highest BCUT2D eigenvalue weighted by Crippen LogP contribution is 2.19. The summed E-state index contributed by atoms with van der Waals surface area (Å²) in [5.41, 5.74) is 4.05. The zero-order chi connectivity index (χ0) is 22.6. The summed E-state index contributed by atoms with van der Waals surface area (Å²) in [6.07, 6.45) is 14.0. The lowest BCUT2D eigenvalue weighted by molar-refractivity contribution is 0.0733. The summed E-state index contributed by atoms with van der Waals surface area (Å²) in [6, 6.07) is 16.0. The fourth-order valence-electron chi connectivity index (χ4n) is 3.71. The van der Waals surface area contributed by atoms with Gasteiger partial charge in [-0.25, -0.2) is 14.8 Å². The number of ether oxygens (including phenoxy) is 1. The molecule has 2 aromatic carbocycles. The lowest BCUT2D eigenvalue weighted by Crippen LogP contribution is -2.09. The second kappa shape index (κ2) is 12.7. The van der Waals surface area contributed by atoms with Crippen LogP contribution < -0.4 is 4.74 Å². The van der Waals surface area contributed by atoms with Crippen molar-refractivity contribution in [2.45, 2.75) is 71.6 Å². The van der Waals surface area contributed by atoms with Crippen LogP contribution in [-0.2, 0) is 12.8 Å². The molecule has 0 aliphatic rings. The summed E-state index contributed by atoms with van der Waals surface area (Å²) in [5, 5.41) is 0. The van der Waals surface area contributed by atoms with Gasteiger partial charge in [-0.1, -0.05) is 88.8 Å². The first-order valence-electron chi connectivity index (χ1n) is 11.9. The van der Waals surface area contributed by atoms with Gasteiger partial charge in [0.15, 0.2) is 11.6 Å². The first-order chi connectivity index (χ1) is 15.7. The molecule has 0 N–H and O–H groups in total. The van der Waals surface area contributed by atoms with E-state index >= 15 is 0 Å². The van der Waals surface area contributed by atoms with E-state index in [4.69, 9.17) is 4.74 Å². The predicted octanol–water partition coefficient (Wildman–Crippen LogP) is 7.22. The highest BCUT2D eigenvalue weighted by atomic mass is 16.5. The first-order valence-corrected chi connectivity index (χ1v) is 11.9. The third kappa shape index (κ3) is 7.30. The number of rotatable bonds is 12. The molecule has 1 aromatic heterocycles. The van der Waals surface area contributed by atoms with Gasteiger partial charge in [-0.3, -0.25) is 0 Å². The predicted molar refractivity (Wildman–Crippen MR) is 130 cm³/mol. The van der Waals surface area contributed by atoms with Gasteiger partial charge >= 0.3 is 5.97 Å². The maximum Gasteiger partial charge on any atom is 0.343 e. The Kier molecular flexibility index (Phi) is 9.42. The van der Waals surface area contributed by atoms with Crippen LogP contribution in [0.5, 0.6) is 5.75 Å². The van der Waals surface area contributed by atoms with E-state index in [2.05, 4.69) is 35.9 Å². The van der Waals surface area contributed by atoms with Gasteiger partial charge in [-0.15, -0.1) is 0 Å². The summed E-state index contributed by atoms with van der Waals surface area (Å²) >= 11 is 0. The normalized spacial score (nSPS) is 10.8. The fraction of sp³-hybridized carbons (Fsp3) is 0.393. The Morgan fingerprint density at radius 3 is 1.97 bits per heavy atom. The Balaban J connectivity index is 1.49. The van der Waals surface area contributed by atoms with Crippen molar-refractivity contribution in [1.82, 2.24) is 9.97 Å². The molecule has 0 spiro atoms. The van der Waals surface area contributed by atoms with Gasteiger partial charge in [-0.05, 0) is 42.5 Å². The molecule has 0 aliphatic carbocycles. The van der Waals surface area contributed by atoms with Crippen LogP contribution in [0.15, 0.2) is 60.9 Å². The molecule has 0 atom stereocenters. The smallest absolute Gasteiger partial charge is 0.343 e. The molecule has 0 amide bonds. The molecule has 0 unspecified atom stereocenters. The number of esters is 1. The molecule has 4 heteroatoms. The third-order valence-corrected chi connectivity index (χ3v) is 5.60. The Morgan fingerprint density at radius 1 is 0.719 bits per heavy atom. The van der Waals surface area contributed by atoms with Crippen molar-refractivity contribution in [3.05, 3.63) is 77.6 Å². The number of hydrogen-bond donors (Lipinski definition) is 0. The van der Waals surface area contributed by atoms with E-state index in [-0.39, 0.29) is 0 Å². The van der Waals surface area contributed by atoms with Gasteiger partial charge in [-0.2, -0.15) is 0 Å². The molecule has 3 aromatic rings. The minimum absolute atomic E-state index is 0.345. The zero-order valence-corrected chi connectivity index (χ0v) is 19.3. The van der Waals surface area contributed by atoms with E-state index in [0.717, 1.165) is 24.8 Å². The van der Waals surface area contributed by atoms with Gasteiger partial charge in [0.25, 0.3) is 0 Å². The molecular weight excluding hydrogens is 396 g/mol. The molecule has 4 nitrogen and oxygen atoms in total. The second-order valence-corrected chi connectivity index (χ2v) is 8.29. The van der Waals surface area contributed by atoms with Crippen molar-refractivity contribution in [3.8, 4) is 17.1 Å². The maximum absolute atomic E-state index is 12.5. The van der Waals surface area contributed by atoms with Crippen LogP contribution in [0.25, 0.3) is 11.4 Å². The van der Waals surface area contributed by atoms with E-state index in [0.29, 0.717) is 17.1 Å². The molecule has 0 bridgehead atoms. The summed E-state index contributed by atoms with van der Waals surface area (Å²) < 4.78 is 5.45. The van der Waals surface area contributed by atoms with E-state index in [1.807, 2.05) is 36.4 Å². The average molecular weight is 431 g/mol. The van der Waals surface area contributed by atoms with Crippen molar-refractivity contribution in [1.29, 1.82) is 0 Å². The Bertz CT molecular complexity index is 948. The maximum atomic E-state index is 12.5. The molecule has 0 aliphatic heterocycles. The number of benzene rings is 2. The molecule has 1 heterocycles. The van der Waals surface area contributed by atoms with Crippen LogP contribution in [0.3, 0.4) is 0 Å². The molecule has 168 valence electrons. The number of aromatic nitrogens is 2. The summed E-state index contributed by atoms with van der Waals surface area (Å²) in [6.45, 7) is 4.41. The van der Waals surface area contributed by atoms with Crippen LogP contribution in [0, 0.1) is 0 Å². The largest absolute Gasteiger partial charge is 0.420 e. The summed E-state index contributed by atoms with van der Waals surface area (Å²) in [5.74, 6) is 0.570. The van der Waals surface area contributed by atoms with Gasteiger partial charge in [0, 0.05) is 5.56 Å². The fourth-order valence-corrected chi connectivity index (χ4v) is 3.71. The number of carbonyl (C=O) groups excluding carboxylic acids is 1. The summed E-state index contributed by atoms with van der Waals surface area (Å²) in [7, 11) is 0. The Hall–Kier alpha value is -3.01. The first kappa shape index (κ1) is 23.6. The lowest BCUT2D eigenvalue weighted by atomic mass is 10.0. The molecule has 0 saturated carbocycles. The van der Waals surface area contributed by atoms with Crippen molar-refractivity contribution >= 4 is 5.97 Å². The number of hydrogen-bond acceptors (Lipinski definition) is 4. The molecule has 0 fully saturated rings. The standard InChI is InChI=1S/C28H34N2O2/c1-3-5-6-7-8-9-11-23-14-18-25(19-15-23)28(31)32-26-20-29-27(30-21-26)24-16-12-22(10-4-2)13-17-24/h12-21H,3-11H2,1-2H3. The van der Waals surface area contributed by atoms with Crippen LogP contribution in [-0.4, -0.2) is 15.9 Å². The van der Waals surface area contributed by atoms with Gasteiger partial charge in [0.2, 0.25) is 0 Å². The minimum atomic E-state index is -0.392. The van der Waals surface area contributed by atoms with E-state index in [1.54, 1.807) is 12.4 Å². The molecule has 0 radical (unpaired) electrons. The van der Waals surface area contributed by atoms with Crippen molar-refractivity contribution < 1.29 is 9.53 Å². The summed E-state index contributed by atoms with van der Waals surface area (Å²) in [4.78, 5) is 21.2. The highest BCUT2D eigenvalue weighted by molar-refractivity contribution is 5.91. The van der Waals surface area contributed by atoms with Crippen molar-refractivity contribution in [3.63, 3.8) is 0 Å². The SMILES string of the molecule is CCCCCCCCc1ccc(C(=O)Oc2cnc(-c3ccc(CCC)cc3)nc2)cc1. The lowest BCUT2D eigenvalue weighted by Gasteiger charge is -2.07. The zero-order valence-electron chi connectivity index (χ0n) is 19.3. The van der Waals surface area contributed by atoms with Crippen LogP contribution >= 0.6 is 0 Å². The molecule has 32 heavy (non-hydrogen) atoms. The van der Waals surface area contributed by atoms with Gasteiger partial charge in [0.1, 0.15) is 0 Å². The van der Waals surface area contributed by atoms with E-state index in [9.17, 15) is 4.79 Å². The Morgan fingerprint density at radius 2 is 1.31 bits per heavy atom. The van der Waals surface area contributed by atoms with Gasteiger partial charge in [0.05, 0.1) is 18.0 Å².